The molecule has 28 heavy (non-hydrogen) atoms. The second-order valence-electron chi connectivity index (χ2n) is 9.89. The molecule has 0 fully saturated rings. The molecule has 0 heterocycles. The zero-order valence-electron chi connectivity index (χ0n) is 20.1. The third kappa shape index (κ3) is 26.5. The summed E-state index contributed by atoms with van der Waals surface area (Å²) in [6, 6.07) is 1.30. The summed E-state index contributed by atoms with van der Waals surface area (Å²) < 4.78 is 0. The number of halogens is 1. The summed E-state index contributed by atoms with van der Waals surface area (Å²) in [5, 5.41) is 0. The van der Waals surface area contributed by atoms with Crippen LogP contribution in [0.5, 0.6) is 0 Å². The standard InChI is InChI=1S/C26H55ClSi/c1-4-5-6-7-8-9-10-11-12-13-14-15-16-17-18-19-20-21-22-23-24-25-26-28(2,3)27/h4-26H2,1-3H3. The molecule has 0 saturated heterocycles. The first-order chi connectivity index (χ1) is 13.6. The van der Waals surface area contributed by atoms with Crippen molar-refractivity contribution in [2.45, 2.75) is 167 Å². The summed E-state index contributed by atoms with van der Waals surface area (Å²) in [6.07, 6.45) is 32.1. The van der Waals surface area contributed by atoms with Crippen LogP contribution >= 0.6 is 11.1 Å². The zero-order chi connectivity index (χ0) is 20.8. The Hall–Kier alpha value is 0.507. The van der Waals surface area contributed by atoms with E-state index < -0.39 is 7.38 Å². The van der Waals surface area contributed by atoms with Crippen molar-refractivity contribution in [3.8, 4) is 0 Å². The lowest BCUT2D eigenvalue weighted by atomic mass is 10.0. The third-order valence-electron chi connectivity index (χ3n) is 6.12. The first-order valence-corrected chi connectivity index (χ1v) is 17.5. The molecule has 0 aromatic rings. The molecular weight excluding hydrogens is 376 g/mol. The van der Waals surface area contributed by atoms with E-state index in [1.54, 1.807) is 0 Å². The van der Waals surface area contributed by atoms with Crippen LogP contribution < -0.4 is 0 Å². The predicted octanol–water partition coefficient (Wildman–Crippen LogP) is 11.0. The van der Waals surface area contributed by atoms with E-state index in [9.17, 15) is 0 Å². The Bertz CT molecular complexity index is 285. The highest BCUT2D eigenvalue weighted by Gasteiger charge is 2.15. The van der Waals surface area contributed by atoms with Crippen molar-refractivity contribution >= 4 is 18.5 Å². The van der Waals surface area contributed by atoms with E-state index in [2.05, 4.69) is 20.0 Å². The quantitative estimate of drug-likeness (QED) is 0.0857. The third-order valence-corrected chi connectivity index (χ3v) is 8.23. The van der Waals surface area contributed by atoms with Crippen LogP contribution in [0.25, 0.3) is 0 Å². The van der Waals surface area contributed by atoms with Crippen molar-refractivity contribution in [1.29, 1.82) is 0 Å². The second-order valence-corrected chi connectivity index (χ2v) is 16.9. The van der Waals surface area contributed by atoms with E-state index >= 15 is 0 Å². The van der Waals surface area contributed by atoms with Crippen molar-refractivity contribution < 1.29 is 0 Å². The first-order valence-electron chi connectivity index (χ1n) is 13.2. The Morgan fingerprint density at radius 1 is 0.393 bits per heavy atom. The van der Waals surface area contributed by atoms with Crippen LogP contribution in [0, 0.1) is 0 Å². The second kappa shape index (κ2) is 22.2. The van der Waals surface area contributed by atoms with Gasteiger partial charge in [-0.25, -0.2) is 0 Å². The fourth-order valence-corrected chi connectivity index (χ4v) is 5.65. The van der Waals surface area contributed by atoms with Crippen molar-refractivity contribution in [3.05, 3.63) is 0 Å². The number of hydrogen-bond donors (Lipinski definition) is 0. The summed E-state index contributed by atoms with van der Waals surface area (Å²) in [5.74, 6) is 0. The van der Waals surface area contributed by atoms with Crippen LogP contribution in [0.3, 0.4) is 0 Å². The van der Waals surface area contributed by atoms with Gasteiger partial charge in [-0.1, -0.05) is 161 Å². The molecule has 170 valence electrons. The Morgan fingerprint density at radius 3 is 0.821 bits per heavy atom. The van der Waals surface area contributed by atoms with Gasteiger partial charge in [0.05, 0.1) is 0 Å². The summed E-state index contributed by atoms with van der Waals surface area (Å²) >= 11 is 6.37. The number of hydrogen-bond acceptors (Lipinski definition) is 0. The van der Waals surface area contributed by atoms with E-state index in [4.69, 9.17) is 11.1 Å². The van der Waals surface area contributed by atoms with Crippen LogP contribution in [0.1, 0.15) is 148 Å². The molecule has 0 radical (unpaired) electrons. The molecule has 0 atom stereocenters. The monoisotopic (exact) mass is 430 g/mol. The molecule has 0 spiro atoms. The van der Waals surface area contributed by atoms with Gasteiger partial charge in [-0.15, -0.1) is 0 Å². The van der Waals surface area contributed by atoms with Crippen LogP contribution in [-0.4, -0.2) is 7.38 Å². The van der Waals surface area contributed by atoms with Crippen molar-refractivity contribution in [1.82, 2.24) is 0 Å². The molecule has 0 bridgehead atoms. The SMILES string of the molecule is CCCCCCCCCCCCCCCCCCCCCCCC[Si](C)(C)Cl. The van der Waals surface area contributed by atoms with E-state index in [0.717, 1.165) is 0 Å². The maximum Gasteiger partial charge on any atom is 0.150 e. The average Bonchev–Trinajstić information content (AvgIpc) is 2.65. The van der Waals surface area contributed by atoms with Gasteiger partial charge in [0, 0.05) is 0 Å². The summed E-state index contributed by atoms with van der Waals surface area (Å²) in [7, 11) is -1.30. The Balaban J connectivity index is 3.01. The van der Waals surface area contributed by atoms with Gasteiger partial charge in [0.2, 0.25) is 0 Å². The predicted molar refractivity (Wildman–Crippen MR) is 135 cm³/mol. The zero-order valence-corrected chi connectivity index (χ0v) is 21.9. The molecule has 0 nitrogen and oxygen atoms in total. The van der Waals surface area contributed by atoms with E-state index in [1.807, 2.05) is 0 Å². The molecule has 0 N–H and O–H groups in total. The summed E-state index contributed by atoms with van der Waals surface area (Å²) in [6.45, 7) is 6.84. The van der Waals surface area contributed by atoms with Gasteiger partial charge in [-0.3, -0.25) is 0 Å². The van der Waals surface area contributed by atoms with Gasteiger partial charge in [-0.2, -0.15) is 11.1 Å². The molecule has 0 unspecified atom stereocenters. The van der Waals surface area contributed by atoms with Crippen LogP contribution in [0.4, 0.5) is 0 Å². The van der Waals surface area contributed by atoms with Crippen molar-refractivity contribution in [2.75, 3.05) is 0 Å². The maximum atomic E-state index is 6.37. The van der Waals surface area contributed by atoms with Gasteiger partial charge in [0.15, 0.2) is 0 Å². The molecule has 0 aliphatic carbocycles. The minimum absolute atomic E-state index is 1.30. The molecule has 0 rings (SSSR count). The molecule has 0 aliphatic rings. The van der Waals surface area contributed by atoms with E-state index in [-0.39, 0.29) is 0 Å². The van der Waals surface area contributed by atoms with Gasteiger partial charge < -0.3 is 0 Å². The summed E-state index contributed by atoms with van der Waals surface area (Å²) in [4.78, 5) is 0. The number of unbranched alkanes of at least 4 members (excludes halogenated alkanes) is 21. The molecule has 0 aromatic carbocycles. The fourth-order valence-electron chi connectivity index (χ4n) is 4.15. The minimum atomic E-state index is -1.30. The van der Waals surface area contributed by atoms with E-state index in [1.165, 1.54) is 147 Å². The maximum absolute atomic E-state index is 6.37. The van der Waals surface area contributed by atoms with Gasteiger partial charge in [0.25, 0.3) is 0 Å². The van der Waals surface area contributed by atoms with E-state index in [0.29, 0.717) is 0 Å². The molecular formula is C26H55ClSi. The van der Waals surface area contributed by atoms with Crippen molar-refractivity contribution in [3.63, 3.8) is 0 Å². The Morgan fingerprint density at radius 2 is 0.607 bits per heavy atom. The van der Waals surface area contributed by atoms with Crippen LogP contribution in [-0.2, 0) is 0 Å². The van der Waals surface area contributed by atoms with Gasteiger partial charge >= 0.3 is 0 Å². The van der Waals surface area contributed by atoms with Crippen molar-refractivity contribution in [2.24, 2.45) is 0 Å². The Labute approximate surface area is 185 Å². The number of rotatable bonds is 23. The smallest absolute Gasteiger partial charge is 0.150 e. The van der Waals surface area contributed by atoms with Gasteiger partial charge in [-0.05, 0) is 6.04 Å². The normalized spacial score (nSPS) is 12.0. The highest BCUT2D eigenvalue weighted by atomic mass is 35.6. The van der Waals surface area contributed by atoms with Crippen LogP contribution in [0.15, 0.2) is 0 Å². The first kappa shape index (κ1) is 28.5. The lowest BCUT2D eigenvalue weighted by Gasteiger charge is -2.11. The summed E-state index contributed by atoms with van der Waals surface area (Å²) in [5.41, 5.74) is 0. The lowest BCUT2D eigenvalue weighted by molar-refractivity contribution is 0.520. The fraction of sp³-hybridized carbons (Fsp3) is 1.00. The topological polar surface area (TPSA) is 0 Å². The minimum Gasteiger partial charge on any atom is -0.168 e. The molecule has 0 saturated carbocycles. The van der Waals surface area contributed by atoms with Crippen LogP contribution in [0.2, 0.25) is 19.1 Å². The average molecular weight is 431 g/mol. The lowest BCUT2D eigenvalue weighted by Crippen LogP contribution is -2.14. The van der Waals surface area contributed by atoms with Gasteiger partial charge in [0.1, 0.15) is 7.38 Å². The highest BCUT2D eigenvalue weighted by Crippen LogP contribution is 2.19. The largest absolute Gasteiger partial charge is 0.168 e. The highest BCUT2D eigenvalue weighted by molar-refractivity contribution is 7.19. The molecule has 0 amide bonds. The Kier molecular flexibility index (Phi) is 22.6. The molecule has 0 aromatic heterocycles. The molecule has 0 aliphatic heterocycles. The molecule has 2 heteroatoms.